The molecule has 0 aromatic heterocycles. The van der Waals surface area contributed by atoms with Gasteiger partial charge in [-0.1, -0.05) is 38.1 Å². The van der Waals surface area contributed by atoms with E-state index in [1.54, 1.807) is 25.1 Å². The molecule has 0 aliphatic carbocycles. The first-order chi connectivity index (χ1) is 7.43. The minimum absolute atomic E-state index is 0.121. The van der Waals surface area contributed by atoms with E-state index in [-0.39, 0.29) is 5.92 Å². The first kappa shape index (κ1) is 12.7. The Morgan fingerprint density at radius 3 is 2.25 bits per heavy atom. The van der Waals surface area contributed by atoms with Gasteiger partial charge >= 0.3 is 5.97 Å². The summed E-state index contributed by atoms with van der Waals surface area (Å²) in [5.74, 6) is -1.27. The molecular formula is C13H18O3. The molecule has 0 fully saturated rings. The third-order valence-corrected chi connectivity index (χ3v) is 2.75. The van der Waals surface area contributed by atoms with Crippen LogP contribution in [0.15, 0.2) is 24.3 Å². The summed E-state index contributed by atoms with van der Waals surface area (Å²) >= 11 is 0. The highest BCUT2D eigenvalue weighted by atomic mass is 16.4. The summed E-state index contributed by atoms with van der Waals surface area (Å²) in [5.41, 5.74) is 1.50. The van der Waals surface area contributed by atoms with E-state index in [9.17, 15) is 9.90 Å². The van der Waals surface area contributed by atoms with Crippen LogP contribution in [0.25, 0.3) is 0 Å². The molecule has 3 heteroatoms. The summed E-state index contributed by atoms with van der Waals surface area (Å²) in [4.78, 5) is 10.9. The number of hydrogen-bond donors (Lipinski definition) is 2. The van der Waals surface area contributed by atoms with Crippen LogP contribution >= 0.6 is 0 Å². The summed E-state index contributed by atoms with van der Waals surface area (Å²) in [6.07, 6.45) is -0.541. The van der Waals surface area contributed by atoms with E-state index in [2.05, 4.69) is 0 Å². The average Bonchev–Trinajstić information content (AvgIpc) is 2.26. The molecule has 0 amide bonds. The highest BCUT2D eigenvalue weighted by Crippen LogP contribution is 2.24. The highest BCUT2D eigenvalue weighted by Gasteiger charge is 2.17. The van der Waals surface area contributed by atoms with Crippen LogP contribution in [0.1, 0.15) is 43.9 Å². The SMILES string of the molecule is CC(C(=O)O)c1cccc(C(O)C(C)C)c1. The van der Waals surface area contributed by atoms with Gasteiger partial charge in [-0.25, -0.2) is 0 Å². The Labute approximate surface area is 95.7 Å². The summed E-state index contributed by atoms with van der Waals surface area (Å²) in [5, 5.41) is 18.8. The number of benzene rings is 1. The molecule has 2 atom stereocenters. The molecule has 0 aliphatic heterocycles. The molecule has 0 bridgehead atoms. The van der Waals surface area contributed by atoms with E-state index in [0.29, 0.717) is 0 Å². The number of aliphatic hydroxyl groups is 1. The molecule has 0 spiro atoms. The number of aliphatic carboxylic acids is 1. The van der Waals surface area contributed by atoms with Crippen molar-refractivity contribution in [2.75, 3.05) is 0 Å². The molecule has 2 N–H and O–H groups in total. The second kappa shape index (κ2) is 5.12. The fraction of sp³-hybridized carbons (Fsp3) is 0.462. The lowest BCUT2D eigenvalue weighted by Gasteiger charge is -2.16. The smallest absolute Gasteiger partial charge is 0.310 e. The molecule has 0 saturated heterocycles. The van der Waals surface area contributed by atoms with Crippen molar-refractivity contribution in [3.63, 3.8) is 0 Å². The van der Waals surface area contributed by atoms with Crippen LogP contribution in [0.2, 0.25) is 0 Å². The van der Waals surface area contributed by atoms with Crippen molar-refractivity contribution in [3.8, 4) is 0 Å². The Balaban J connectivity index is 2.99. The summed E-state index contributed by atoms with van der Waals surface area (Å²) in [6.45, 7) is 5.50. The maximum absolute atomic E-state index is 10.9. The van der Waals surface area contributed by atoms with Gasteiger partial charge in [-0.3, -0.25) is 4.79 Å². The van der Waals surface area contributed by atoms with Gasteiger partial charge in [-0.2, -0.15) is 0 Å². The van der Waals surface area contributed by atoms with Gasteiger partial charge in [0.15, 0.2) is 0 Å². The second-order valence-corrected chi connectivity index (χ2v) is 4.42. The third kappa shape index (κ3) is 2.83. The van der Waals surface area contributed by atoms with Crippen LogP contribution in [0.3, 0.4) is 0 Å². The van der Waals surface area contributed by atoms with Gasteiger partial charge in [0.2, 0.25) is 0 Å². The Morgan fingerprint density at radius 2 is 1.75 bits per heavy atom. The monoisotopic (exact) mass is 222 g/mol. The van der Waals surface area contributed by atoms with Crippen LogP contribution in [-0.4, -0.2) is 16.2 Å². The van der Waals surface area contributed by atoms with Crippen molar-refractivity contribution in [2.45, 2.75) is 32.8 Å². The molecular weight excluding hydrogens is 204 g/mol. The second-order valence-electron chi connectivity index (χ2n) is 4.42. The van der Waals surface area contributed by atoms with E-state index in [4.69, 9.17) is 5.11 Å². The molecule has 0 aliphatic rings. The normalized spacial score (nSPS) is 14.8. The maximum Gasteiger partial charge on any atom is 0.310 e. The minimum atomic E-state index is -0.851. The first-order valence-electron chi connectivity index (χ1n) is 5.44. The predicted octanol–water partition coefficient (Wildman–Crippen LogP) is 2.56. The largest absolute Gasteiger partial charge is 0.481 e. The van der Waals surface area contributed by atoms with Crippen molar-refractivity contribution in [3.05, 3.63) is 35.4 Å². The quantitative estimate of drug-likeness (QED) is 0.823. The Kier molecular flexibility index (Phi) is 4.07. The van der Waals surface area contributed by atoms with Crippen LogP contribution in [0.4, 0.5) is 0 Å². The Morgan fingerprint density at radius 1 is 1.19 bits per heavy atom. The van der Waals surface area contributed by atoms with Gasteiger partial charge in [0.05, 0.1) is 12.0 Å². The van der Waals surface area contributed by atoms with E-state index >= 15 is 0 Å². The van der Waals surface area contributed by atoms with Crippen molar-refractivity contribution in [1.29, 1.82) is 0 Å². The molecule has 2 unspecified atom stereocenters. The maximum atomic E-state index is 10.9. The predicted molar refractivity (Wildman–Crippen MR) is 62.3 cm³/mol. The zero-order valence-electron chi connectivity index (χ0n) is 9.84. The van der Waals surface area contributed by atoms with Gasteiger partial charge in [-0.15, -0.1) is 0 Å². The molecule has 1 aromatic rings. The molecule has 1 rings (SSSR count). The first-order valence-corrected chi connectivity index (χ1v) is 5.44. The van der Waals surface area contributed by atoms with Crippen molar-refractivity contribution in [1.82, 2.24) is 0 Å². The van der Waals surface area contributed by atoms with Gasteiger partial charge in [0.25, 0.3) is 0 Å². The van der Waals surface area contributed by atoms with Gasteiger partial charge < -0.3 is 10.2 Å². The molecule has 0 saturated carbocycles. The highest BCUT2D eigenvalue weighted by molar-refractivity contribution is 5.75. The van der Waals surface area contributed by atoms with Crippen molar-refractivity contribution < 1.29 is 15.0 Å². The van der Waals surface area contributed by atoms with E-state index in [1.165, 1.54) is 0 Å². The summed E-state index contributed by atoms with van der Waals surface area (Å²) in [6, 6.07) is 7.15. The molecule has 16 heavy (non-hydrogen) atoms. The van der Waals surface area contributed by atoms with E-state index < -0.39 is 18.0 Å². The number of rotatable bonds is 4. The number of hydrogen-bond acceptors (Lipinski definition) is 2. The van der Waals surface area contributed by atoms with Crippen molar-refractivity contribution >= 4 is 5.97 Å². The minimum Gasteiger partial charge on any atom is -0.481 e. The van der Waals surface area contributed by atoms with Crippen LogP contribution in [0, 0.1) is 5.92 Å². The van der Waals surface area contributed by atoms with Gasteiger partial charge in [-0.05, 0) is 24.0 Å². The summed E-state index contributed by atoms with van der Waals surface area (Å²) in [7, 11) is 0. The zero-order chi connectivity index (χ0) is 12.3. The zero-order valence-corrected chi connectivity index (χ0v) is 9.84. The summed E-state index contributed by atoms with van der Waals surface area (Å²) < 4.78 is 0. The number of carboxylic acid groups (broad SMARTS) is 1. The topological polar surface area (TPSA) is 57.5 Å². The number of carboxylic acids is 1. The number of carbonyl (C=O) groups is 1. The van der Waals surface area contributed by atoms with Crippen molar-refractivity contribution in [2.24, 2.45) is 5.92 Å². The molecule has 3 nitrogen and oxygen atoms in total. The molecule has 0 radical (unpaired) electrons. The van der Waals surface area contributed by atoms with Crippen LogP contribution < -0.4 is 0 Å². The fourth-order valence-corrected chi connectivity index (χ4v) is 1.54. The lowest BCUT2D eigenvalue weighted by atomic mass is 9.94. The van der Waals surface area contributed by atoms with Gasteiger partial charge in [0.1, 0.15) is 0 Å². The molecule has 0 heterocycles. The standard InChI is InChI=1S/C13H18O3/c1-8(2)12(14)11-6-4-5-10(7-11)9(3)13(15)16/h4-9,12,14H,1-3H3,(H,15,16). The third-order valence-electron chi connectivity index (χ3n) is 2.75. The van der Waals surface area contributed by atoms with Gasteiger partial charge in [0, 0.05) is 0 Å². The fourth-order valence-electron chi connectivity index (χ4n) is 1.54. The average molecular weight is 222 g/mol. The Bertz CT molecular complexity index is 371. The van der Waals surface area contributed by atoms with E-state index in [0.717, 1.165) is 11.1 Å². The molecule has 88 valence electrons. The number of aliphatic hydroxyl groups excluding tert-OH is 1. The van der Waals surface area contributed by atoms with Crippen LogP contribution in [0.5, 0.6) is 0 Å². The molecule has 1 aromatic carbocycles. The lowest BCUT2D eigenvalue weighted by Crippen LogP contribution is -2.10. The Hall–Kier alpha value is -1.35. The lowest BCUT2D eigenvalue weighted by molar-refractivity contribution is -0.138. The van der Waals surface area contributed by atoms with Crippen LogP contribution in [-0.2, 0) is 4.79 Å². The van der Waals surface area contributed by atoms with E-state index in [1.807, 2.05) is 19.9 Å².